The Labute approximate surface area is 102 Å². The van der Waals surface area contributed by atoms with Crippen molar-refractivity contribution < 1.29 is 0 Å². The summed E-state index contributed by atoms with van der Waals surface area (Å²) in [5.74, 6) is 1.56. The lowest BCUT2D eigenvalue weighted by molar-refractivity contribution is 0.163. The lowest BCUT2D eigenvalue weighted by Gasteiger charge is -2.34. The van der Waals surface area contributed by atoms with E-state index in [2.05, 4.69) is 32.7 Å². The van der Waals surface area contributed by atoms with Gasteiger partial charge >= 0.3 is 0 Å². The van der Waals surface area contributed by atoms with Crippen LogP contribution in [0.1, 0.15) is 52.9 Å². The molecule has 1 atom stereocenters. The molecule has 0 radical (unpaired) electrons. The molecule has 2 nitrogen and oxygen atoms in total. The molecular formula is C14H30N2. The first-order valence-electron chi connectivity index (χ1n) is 6.96. The normalized spacial score (nSPS) is 28.7. The molecule has 1 saturated carbocycles. The number of rotatable bonds is 5. The average Bonchev–Trinajstić information content (AvgIpc) is 2.26. The van der Waals surface area contributed by atoms with Gasteiger partial charge in [-0.1, -0.05) is 20.8 Å². The van der Waals surface area contributed by atoms with Gasteiger partial charge in [-0.2, -0.15) is 0 Å². The highest BCUT2D eigenvalue weighted by molar-refractivity contribution is 4.77. The fraction of sp³-hybridized carbons (Fsp3) is 1.00. The highest BCUT2D eigenvalue weighted by Crippen LogP contribution is 2.26. The molecule has 2 heteroatoms. The van der Waals surface area contributed by atoms with Crippen molar-refractivity contribution in [1.29, 1.82) is 0 Å². The summed E-state index contributed by atoms with van der Waals surface area (Å²) < 4.78 is 0. The molecule has 0 aromatic carbocycles. The smallest absolute Gasteiger partial charge is 0.00924 e. The SMILES string of the molecule is CC1CCC(N(C)CCC(N)C(C)C)CC1. The molecule has 0 aliphatic heterocycles. The van der Waals surface area contributed by atoms with Crippen LogP contribution in [0.3, 0.4) is 0 Å². The van der Waals surface area contributed by atoms with E-state index in [1.54, 1.807) is 0 Å². The molecule has 0 bridgehead atoms. The molecule has 0 heterocycles. The number of hydrogen-bond donors (Lipinski definition) is 1. The minimum absolute atomic E-state index is 0.366. The predicted molar refractivity (Wildman–Crippen MR) is 71.5 cm³/mol. The standard InChI is InChI=1S/C14H30N2/c1-11(2)14(15)9-10-16(4)13-7-5-12(3)6-8-13/h11-14H,5-10,15H2,1-4H3. The molecule has 1 rings (SSSR count). The molecular weight excluding hydrogens is 196 g/mol. The summed E-state index contributed by atoms with van der Waals surface area (Å²) in [5, 5.41) is 0. The largest absolute Gasteiger partial charge is 0.327 e. The maximum atomic E-state index is 6.09. The first-order chi connectivity index (χ1) is 7.50. The van der Waals surface area contributed by atoms with Gasteiger partial charge in [0.1, 0.15) is 0 Å². The van der Waals surface area contributed by atoms with Crippen molar-refractivity contribution >= 4 is 0 Å². The molecule has 1 aliphatic rings. The van der Waals surface area contributed by atoms with Crippen molar-refractivity contribution in [3.63, 3.8) is 0 Å². The van der Waals surface area contributed by atoms with Crippen LogP contribution in [-0.4, -0.2) is 30.6 Å². The van der Waals surface area contributed by atoms with Crippen LogP contribution >= 0.6 is 0 Å². The predicted octanol–water partition coefficient (Wildman–Crippen LogP) is 2.87. The van der Waals surface area contributed by atoms with Crippen LogP contribution < -0.4 is 5.73 Å². The van der Waals surface area contributed by atoms with Gasteiger partial charge in [-0.15, -0.1) is 0 Å². The number of nitrogens with two attached hydrogens (primary N) is 1. The van der Waals surface area contributed by atoms with Gasteiger partial charge < -0.3 is 10.6 Å². The van der Waals surface area contributed by atoms with Crippen molar-refractivity contribution in [3.05, 3.63) is 0 Å². The monoisotopic (exact) mass is 226 g/mol. The van der Waals surface area contributed by atoms with Gasteiger partial charge in [-0.3, -0.25) is 0 Å². The first kappa shape index (κ1) is 14.0. The van der Waals surface area contributed by atoms with E-state index in [9.17, 15) is 0 Å². The van der Waals surface area contributed by atoms with E-state index in [1.165, 1.54) is 32.2 Å². The quantitative estimate of drug-likeness (QED) is 0.781. The molecule has 1 unspecified atom stereocenters. The van der Waals surface area contributed by atoms with Gasteiger partial charge in [0.15, 0.2) is 0 Å². The van der Waals surface area contributed by atoms with Gasteiger partial charge in [0.05, 0.1) is 0 Å². The maximum absolute atomic E-state index is 6.09. The molecule has 1 aliphatic carbocycles. The van der Waals surface area contributed by atoms with Crippen LogP contribution in [0.5, 0.6) is 0 Å². The van der Waals surface area contributed by atoms with Crippen molar-refractivity contribution in [2.45, 2.75) is 65.0 Å². The second kappa shape index (κ2) is 6.61. The first-order valence-corrected chi connectivity index (χ1v) is 6.96. The highest BCUT2D eigenvalue weighted by Gasteiger charge is 2.21. The summed E-state index contributed by atoms with van der Waals surface area (Å²) in [5.41, 5.74) is 6.09. The van der Waals surface area contributed by atoms with Crippen LogP contribution in [-0.2, 0) is 0 Å². The summed E-state index contributed by atoms with van der Waals surface area (Å²) in [6.45, 7) is 7.98. The van der Waals surface area contributed by atoms with Crippen LogP contribution in [0.4, 0.5) is 0 Å². The van der Waals surface area contributed by atoms with E-state index in [0.29, 0.717) is 12.0 Å². The Morgan fingerprint density at radius 3 is 2.25 bits per heavy atom. The molecule has 0 saturated heterocycles. The summed E-state index contributed by atoms with van der Waals surface area (Å²) >= 11 is 0. The van der Waals surface area contributed by atoms with E-state index in [4.69, 9.17) is 5.73 Å². The van der Waals surface area contributed by atoms with E-state index in [1.807, 2.05) is 0 Å². The Kier molecular flexibility index (Phi) is 5.77. The zero-order valence-electron chi connectivity index (χ0n) is 11.6. The zero-order chi connectivity index (χ0) is 12.1. The Bertz CT molecular complexity index is 183. The molecule has 1 fully saturated rings. The van der Waals surface area contributed by atoms with Gasteiger partial charge in [0.25, 0.3) is 0 Å². The zero-order valence-corrected chi connectivity index (χ0v) is 11.6. The second-order valence-electron chi connectivity index (χ2n) is 6.09. The van der Waals surface area contributed by atoms with E-state index < -0.39 is 0 Å². The molecule has 16 heavy (non-hydrogen) atoms. The van der Waals surface area contributed by atoms with Gasteiger partial charge in [0, 0.05) is 12.1 Å². The molecule has 2 N–H and O–H groups in total. The molecule has 0 amide bonds. The van der Waals surface area contributed by atoms with Gasteiger partial charge in [0.2, 0.25) is 0 Å². The Balaban J connectivity index is 2.22. The molecule has 96 valence electrons. The lowest BCUT2D eigenvalue weighted by atomic mass is 9.86. The molecule has 0 aromatic heterocycles. The van der Waals surface area contributed by atoms with Crippen molar-refractivity contribution in [1.82, 2.24) is 4.90 Å². The van der Waals surface area contributed by atoms with Crippen molar-refractivity contribution in [3.8, 4) is 0 Å². The third kappa shape index (κ3) is 4.42. The van der Waals surface area contributed by atoms with Crippen LogP contribution in [0.25, 0.3) is 0 Å². The maximum Gasteiger partial charge on any atom is 0.00924 e. The topological polar surface area (TPSA) is 29.3 Å². The summed E-state index contributed by atoms with van der Waals surface area (Å²) in [4.78, 5) is 2.54. The number of nitrogens with zero attached hydrogens (tertiary/aromatic N) is 1. The number of hydrogen-bond acceptors (Lipinski definition) is 2. The summed E-state index contributed by atoms with van der Waals surface area (Å²) in [6.07, 6.45) is 6.72. The summed E-state index contributed by atoms with van der Waals surface area (Å²) in [6, 6.07) is 1.18. The average molecular weight is 226 g/mol. The molecule has 0 aromatic rings. The fourth-order valence-electron chi connectivity index (χ4n) is 2.55. The third-order valence-corrected chi connectivity index (χ3v) is 4.28. The minimum Gasteiger partial charge on any atom is -0.327 e. The molecule has 0 spiro atoms. The highest BCUT2D eigenvalue weighted by atomic mass is 15.1. The lowest BCUT2D eigenvalue weighted by Crippen LogP contribution is -2.38. The fourth-order valence-corrected chi connectivity index (χ4v) is 2.55. The van der Waals surface area contributed by atoms with E-state index >= 15 is 0 Å². The van der Waals surface area contributed by atoms with Crippen LogP contribution in [0.2, 0.25) is 0 Å². The Morgan fingerprint density at radius 2 is 1.75 bits per heavy atom. The van der Waals surface area contributed by atoms with Crippen molar-refractivity contribution in [2.75, 3.05) is 13.6 Å². The van der Waals surface area contributed by atoms with Gasteiger partial charge in [-0.25, -0.2) is 0 Å². The van der Waals surface area contributed by atoms with Crippen LogP contribution in [0.15, 0.2) is 0 Å². The van der Waals surface area contributed by atoms with Crippen molar-refractivity contribution in [2.24, 2.45) is 17.6 Å². The Hall–Kier alpha value is -0.0800. The summed E-state index contributed by atoms with van der Waals surface area (Å²) in [7, 11) is 2.27. The van der Waals surface area contributed by atoms with Crippen LogP contribution in [0, 0.1) is 11.8 Å². The van der Waals surface area contributed by atoms with Gasteiger partial charge in [-0.05, 0) is 57.5 Å². The Morgan fingerprint density at radius 1 is 1.19 bits per heavy atom. The minimum atomic E-state index is 0.366. The van der Waals surface area contributed by atoms with E-state index in [0.717, 1.165) is 18.4 Å². The third-order valence-electron chi connectivity index (χ3n) is 4.28. The second-order valence-corrected chi connectivity index (χ2v) is 6.09. The van der Waals surface area contributed by atoms with E-state index in [-0.39, 0.29) is 0 Å².